The van der Waals surface area contributed by atoms with Crippen LogP contribution < -0.4 is 5.32 Å². The zero-order valence-electron chi connectivity index (χ0n) is 13.7. The molecular weight excluding hydrogens is 314 g/mol. The standard InChI is InChI=1S/C16H19N3O5/c1-16(2)14(23)17-15(24)19(16)9-12(20)18(3)8-10-4-6-11(7-5-10)13(21)22/h4-7H,8-9H2,1-3H3,(H,21,22)(H,17,23,24). The Morgan fingerprint density at radius 2 is 1.79 bits per heavy atom. The van der Waals surface area contributed by atoms with E-state index in [0.29, 0.717) is 0 Å². The molecule has 0 unspecified atom stereocenters. The number of nitrogens with zero attached hydrogens (tertiary/aromatic N) is 2. The molecule has 128 valence electrons. The summed E-state index contributed by atoms with van der Waals surface area (Å²) in [6.07, 6.45) is 0. The molecule has 2 N–H and O–H groups in total. The average Bonchev–Trinajstić information content (AvgIpc) is 2.70. The molecule has 1 fully saturated rings. The van der Waals surface area contributed by atoms with E-state index >= 15 is 0 Å². The first-order valence-corrected chi connectivity index (χ1v) is 7.32. The molecule has 1 heterocycles. The molecule has 8 heteroatoms. The van der Waals surface area contributed by atoms with Crippen molar-refractivity contribution in [1.82, 2.24) is 15.1 Å². The molecule has 0 bridgehead atoms. The molecule has 24 heavy (non-hydrogen) atoms. The van der Waals surface area contributed by atoms with Crippen molar-refractivity contribution in [3.63, 3.8) is 0 Å². The van der Waals surface area contributed by atoms with Crippen molar-refractivity contribution in [2.45, 2.75) is 25.9 Å². The Morgan fingerprint density at radius 3 is 2.25 bits per heavy atom. The zero-order chi connectivity index (χ0) is 18.1. The Hall–Kier alpha value is -2.90. The normalized spacial score (nSPS) is 16.0. The summed E-state index contributed by atoms with van der Waals surface area (Å²) in [6, 6.07) is 5.60. The maximum Gasteiger partial charge on any atom is 0.335 e. The van der Waals surface area contributed by atoms with Gasteiger partial charge in [-0.25, -0.2) is 9.59 Å². The minimum Gasteiger partial charge on any atom is -0.478 e. The van der Waals surface area contributed by atoms with Gasteiger partial charge in [0.1, 0.15) is 12.1 Å². The highest BCUT2D eigenvalue weighted by molar-refractivity contribution is 6.07. The van der Waals surface area contributed by atoms with Crippen LogP contribution in [0.25, 0.3) is 0 Å². The lowest BCUT2D eigenvalue weighted by atomic mass is 10.0. The summed E-state index contributed by atoms with van der Waals surface area (Å²) in [6.45, 7) is 3.20. The first kappa shape index (κ1) is 17.5. The van der Waals surface area contributed by atoms with Gasteiger partial charge in [0, 0.05) is 13.6 Å². The second-order valence-corrected chi connectivity index (χ2v) is 6.16. The molecule has 0 aromatic heterocycles. The van der Waals surface area contributed by atoms with Crippen LogP contribution >= 0.6 is 0 Å². The molecule has 1 aliphatic heterocycles. The number of benzene rings is 1. The highest BCUT2D eigenvalue weighted by atomic mass is 16.4. The van der Waals surface area contributed by atoms with Gasteiger partial charge in [-0.1, -0.05) is 12.1 Å². The van der Waals surface area contributed by atoms with E-state index in [4.69, 9.17) is 5.11 Å². The minimum atomic E-state index is -1.07. The number of urea groups is 1. The van der Waals surface area contributed by atoms with E-state index in [1.165, 1.54) is 21.9 Å². The Labute approximate surface area is 139 Å². The minimum absolute atomic E-state index is 0.168. The maximum atomic E-state index is 12.3. The van der Waals surface area contributed by atoms with Crippen molar-refractivity contribution in [3.05, 3.63) is 35.4 Å². The number of carbonyl (C=O) groups excluding carboxylic acids is 3. The van der Waals surface area contributed by atoms with Crippen LogP contribution in [0.1, 0.15) is 29.8 Å². The lowest BCUT2D eigenvalue weighted by molar-refractivity contribution is -0.133. The van der Waals surface area contributed by atoms with Crippen LogP contribution in [-0.4, -0.2) is 57.9 Å². The lowest BCUT2D eigenvalue weighted by Gasteiger charge is -2.29. The Morgan fingerprint density at radius 1 is 1.21 bits per heavy atom. The fraction of sp³-hybridized carbons (Fsp3) is 0.375. The van der Waals surface area contributed by atoms with Gasteiger partial charge in [-0.15, -0.1) is 0 Å². The third-order valence-electron chi connectivity index (χ3n) is 4.04. The Kier molecular flexibility index (Phi) is 4.59. The van der Waals surface area contributed by atoms with Crippen LogP contribution in [0.2, 0.25) is 0 Å². The molecule has 0 aliphatic carbocycles. The van der Waals surface area contributed by atoms with Gasteiger partial charge in [0.25, 0.3) is 5.91 Å². The molecule has 0 radical (unpaired) electrons. The van der Waals surface area contributed by atoms with E-state index in [2.05, 4.69) is 5.32 Å². The smallest absolute Gasteiger partial charge is 0.335 e. The number of likely N-dealkylation sites (N-methyl/N-ethyl adjacent to an activating group) is 1. The van der Waals surface area contributed by atoms with Crippen molar-refractivity contribution < 1.29 is 24.3 Å². The van der Waals surface area contributed by atoms with Crippen molar-refractivity contribution >= 4 is 23.8 Å². The highest BCUT2D eigenvalue weighted by Gasteiger charge is 2.46. The van der Waals surface area contributed by atoms with Crippen LogP contribution in [0.5, 0.6) is 0 Å². The first-order valence-electron chi connectivity index (χ1n) is 7.32. The molecule has 0 atom stereocenters. The van der Waals surface area contributed by atoms with Gasteiger partial charge in [0.2, 0.25) is 5.91 Å². The number of hydrogen-bond donors (Lipinski definition) is 2. The van der Waals surface area contributed by atoms with Crippen LogP contribution in [0.4, 0.5) is 4.79 Å². The molecule has 0 saturated carbocycles. The number of imide groups is 1. The largest absolute Gasteiger partial charge is 0.478 e. The summed E-state index contributed by atoms with van der Waals surface area (Å²) >= 11 is 0. The van der Waals surface area contributed by atoms with E-state index in [-0.39, 0.29) is 24.6 Å². The van der Waals surface area contributed by atoms with E-state index < -0.39 is 23.4 Å². The first-order chi connectivity index (χ1) is 11.1. The molecule has 4 amide bonds. The molecule has 1 aromatic rings. The van der Waals surface area contributed by atoms with Gasteiger partial charge in [-0.05, 0) is 31.5 Å². The number of carbonyl (C=O) groups is 4. The molecule has 1 aromatic carbocycles. The fourth-order valence-electron chi connectivity index (χ4n) is 2.33. The third kappa shape index (κ3) is 3.37. The van der Waals surface area contributed by atoms with Gasteiger partial charge >= 0.3 is 12.0 Å². The molecule has 1 aliphatic rings. The monoisotopic (exact) mass is 333 g/mol. The number of carboxylic acid groups (broad SMARTS) is 1. The van der Waals surface area contributed by atoms with Gasteiger partial charge in [0.15, 0.2) is 0 Å². The van der Waals surface area contributed by atoms with Crippen LogP contribution in [0.15, 0.2) is 24.3 Å². The number of carboxylic acids is 1. The predicted octanol–water partition coefficient (Wildman–Crippen LogP) is 0.674. The number of nitrogens with one attached hydrogen (secondary N) is 1. The van der Waals surface area contributed by atoms with Crippen LogP contribution in [0, 0.1) is 0 Å². The molecule has 0 spiro atoms. The van der Waals surface area contributed by atoms with Crippen LogP contribution in [0.3, 0.4) is 0 Å². The summed E-state index contributed by atoms with van der Waals surface area (Å²) in [5.74, 6) is -1.78. The second kappa shape index (κ2) is 6.31. The van der Waals surface area contributed by atoms with E-state index in [0.717, 1.165) is 5.56 Å². The fourth-order valence-corrected chi connectivity index (χ4v) is 2.33. The maximum absolute atomic E-state index is 12.3. The third-order valence-corrected chi connectivity index (χ3v) is 4.04. The highest BCUT2D eigenvalue weighted by Crippen LogP contribution is 2.20. The van der Waals surface area contributed by atoms with Gasteiger partial charge in [-0.3, -0.25) is 14.9 Å². The topological polar surface area (TPSA) is 107 Å². The molecule has 2 rings (SSSR count). The van der Waals surface area contributed by atoms with E-state index in [1.807, 2.05) is 0 Å². The van der Waals surface area contributed by atoms with Gasteiger partial charge < -0.3 is 14.9 Å². The summed E-state index contributed by atoms with van der Waals surface area (Å²) in [4.78, 5) is 49.2. The van der Waals surface area contributed by atoms with Crippen molar-refractivity contribution in [2.75, 3.05) is 13.6 Å². The van der Waals surface area contributed by atoms with E-state index in [9.17, 15) is 19.2 Å². The van der Waals surface area contributed by atoms with Crippen molar-refractivity contribution in [3.8, 4) is 0 Å². The van der Waals surface area contributed by atoms with E-state index in [1.54, 1.807) is 33.0 Å². The SMILES string of the molecule is CN(Cc1ccc(C(=O)O)cc1)C(=O)CN1C(=O)NC(=O)C1(C)C. The number of aromatic carboxylic acids is 1. The zero-order valence-corrected chi connectivity index (χ0v) is 13.7. The van der Waals surface area contributed by atoms with Gasteiger partial charge in [0.05, 0.1) is 5.56 Å². The van der Waals surface area contributed by atoms with Crippen molar-refractivity contribution in [2.24, 2.45) is 0 Å². The number of amides is 4. The summed E-state index contributed by atoms with van der Waals surface area (Å²) in [5, 5.41) is 11.1. The lowest BCUT2D eigenvalue weighted by Crippen LogP contribution is -2.49. The number of rotatable bonds is 5. The summed E-state index contributed by atoms with van der Waals surface area (Å²) in [7, 11) is 1.58. The van der Waals surface area contributed by atoms with Crippen LogP contribution in [-0.2, 0) is 16.1 Å². The molecule has 1 saturated heterocycles. The second-order valence-electron chi connectivity index (χ2n) is 6.16. The van der Waals surface area contributed by atoms with Crippen molar-refractivity contribution in [1.29, 1.82) is 0 Å². The summed E-state index contributed by atoms with van der Waals surface area (Å²) < 4.78 is 0. The molecule has 8 nitrogen and oxygen atoms in total. The summed E-state index contributed by atoms with van der Waals surface area (Å²) in [5.41, 5.74) is -0.143. The van der Waals surface area contributed by atoms with Gasteiger partial charge in [-0.2, -0.15) is 0 Å². The Balaban J connectivity index is 2.01. The quantitative estimate of drug-likeness (QED) is 0.770. The molecular formula is C16H19N3O5. The number of hydrogen-bond acceptors (Lipinski definition) is 4. The average molecular weight is 333 g/mol. The predicted molar refractivity (Wildman–Crippen MR) is 84.2 cm³/mol. The Bertz CT molecular complexity index is 696.